The molecule has 1 N–H and O–H groups in total. The molecule has 0 amide bonds. The number of benzene rings is 1. The Hall–Kier alpha value is -0.670. The SMILES string of the molecule is CCNC(CC)c1ccc(OCCCSC)cc1. The monoisotopic (exact) mass is 267 g/mol. The molecule has 3 heteroatoms. The van der Waals surface area contributed by atoms with Gasteiger partial charge in [-0.05, 0) is 49.1 Å². The Labute approximate surface area is 116 Å². The van der Waals surface area contributed by atoms with Crippen molar-refractivity contribution in [3.63, 3.8) is 0 Å². The van der Waals surface area contributed by atoms with Gasteiger partial charge in [0.1, 0.15) is 5.75 Å². The second kappa shape index (κ2) is 9.29. The number of rotatable bonds is 9. The van der Waals surface area contributed by atoms with Gasteiger partial charge in [-0.1, -0.05) is 26.0 Å². The van der Waals surface area contributed by atoms with Crippen LogP contribution < -0.4 is 10.1 Å². The minimum absolute atomic E-state index is 0.459. The van der Waals surface area contributed by atoms with E-state index >= 15 is 0 Å². The van der Waals surface area contributed by atoms with Gasteiger partial charge in [-0.3, -0.25) is 0 Å². The van der Waals surface area contributed by atoms with Crippen LogP contribution in [0.4, 0.5) is 0 Å². The van der Waals surface area contributed by atoms with Gasteiger partial charge in [-0.2, -0.15) is 11.8 Å². The number of hydrogen-bond acceptors (Lipinski definition) is 3. The van der Waals surface area contributed by atoms with Crippen molar-refractivity contribution in [2.24, 2.45) is 0 Å². The van der Waals surface area contributed by atoms with E-state index < -0.39 is 0 Å². The first-order chi connectivity index (χ1) is 8.81. The first kappa shape index (κ1) is 15.4. The topological polar surface area (TPSA) is 21.3 Å². The van der Waals surface area contributed by atoms with E-state index in [-0.39, 0.29) is 0 Å². The standard InChI is InChI=1S/C15H25NOS/c1-4-15(16-5-2)13-7-9-14(10-8-13)17-11-6-12-18-3/h7-10,15-16H,4-6,11-12H2,1-3H3. The summed E-state index contributed by atoms with van der Waals surface area (Å²) in [5.74, 6) is 2.14. The molecule has 0 heterocycles. The van der Waals surface area contributed by atoms with E-state index in [0.29, 0.717) is 6.04 Å². The normalized spacial score (nSPS) is 12.4. The van der Waals surface area contributed by atoms with Crippen molar-refractivity contribution in [2.75, 3.05) is 25.2 Å². The molecule has 1 atom stereocenters. The Bertz CT molecular complexity index is 313. The average Bonchev–Trinajstić information content (AvgIpc) is 2.42. The Balaban J connectivity index is 2.45. The van der Waals surface area contributed by atoms with Crippen LogP contribution in [0, 0.1) is 0 Å². The summed E-state index contributed by atoms with van der Waals surface area (Å²) in [5, 5.41) is 3.48. The third-order valence-electron chi connectivity index (χ3n) is 2.90. The highest BCUT2D eigenvalue weighted by atomic mass is 32.2. The molecule has 0 aliphatic heterocycles. The summed E-state index contributed by atoms with van der Waals surface area (Å²) in [6.45, 7) is 6.17. The van der Waals surface area contributed by atoms with Crippen LogP contribution in [0.15, 0.2) is 24.3 Å². The van der Waals surface area contributed by atoms with Crippen molar-refractivity contribution in [2.45, 2.75) is 32.7 Å². The number of ether oxygens (including phenoxy) is 1. The summed E-state index contributed by atoms with van der Waals surface area (Å²) < 4.78 is 5.70. The fourth-order valence-corrected chi connectivity index (χ4v) is 2.34. The fourth-order valence-electron chi connectivity index (χ4n) is 1.93. The van der Waals surface area contributed by atoms with Gasteiger partial charge in [-0.25, -0.2) is 0 Å². The summed E-state index contributed by atoms with van der Waals surface area (Å²) >= 11 is 1.86. The van der Waals surface area contributed by atoms with Gasteiger partial charge in [0.05, 0.1) is 6.61 Å². The third kappa shape index (κ3) is 5.32. The Kier molecular flexibility index (Phi) is 7.94. The lowest BCUT2D eigenvalue weighted by Crippen LogP contribution is -2.19. The van der Waals surface area contributed by atoms with Gasteiger partial charge in [0.15, 0.2) is 0 Å². The molecule has 0 spiro atoms. The van der Waals surface area contributed by atoms with E-state index in [2.05, 4.69) is 49.7 Å². The van der Waals surface area contributed by atoms with E-state index in [4.69, 9.17) is 4.74 Å². The van der Waals surface area contributed by atoms with Crippen LogP contribution in [-0.2, 0) is 0 Å². The van der Waals surface area contributed by atoms with E-state index in [0.717, 1.165) is 37.5 Å². The first-order valence-corrected chi connectivity index (χ1v) is 8.16. The van der Waals surface area contributed by atoms with E-state index in [1.54, 1.807) is 0 Å². The highest BCUT2D eigenvalue weighted by Crippen LogP contribution is 2.20. The zero-order valence-corrected chi connectivity index (χ0v) is 12.6. The van der Waals surface area contributed by atoms with Crippen LogP contribution in [0.2, 0.25) is 0 Å². The predicted octanol–water partition coefficient (Wildman–Crippen LogP) is 3.88. The van der Waals surface area contributed by atoms with E-state index in [9.17, 15) is 0 Å². The van der Waals surface area contributed by atoms with Crippen molar-refractivity contribution in [3.05, 3.63) is 29.8 Å². The summed E-state index contributed by atoms with van der Waals surface area (Å²) in [7, 11) is 0. The van der Waals surface area contributed by atoms with Crippen LogP contribution in [0.3, 0.4) is 0 Å². The molecular formula is C15H25NOS. The molecular weight excluding hydrogens is 242 g/mol. The van der Waals surface area contributed by atoms with E-state index in [1.165, 1.54) is 5.56 Å². The minimum atomic E-state index is 0.459. The molecule has 0 saturated heterocycles. The van der Waals surface area contributed by atoms with E-state index in [1.807, 2.05) is 11.8 Å². The Morgan fingerprint density at radius 1 is 1.22 bits per heavy atom. The molecule has 0 aromatic heterocycles. The fraction of sp³-hybridized carbons (Fsp3) is 0.600. The molecule has 2 nitrogen and oxygen atoms in total. The number of hydrogen-bond donors (Lipinski definition) is 1. The van der Waals surface area contributed by atoms with Gasteiger partial charge < -0.3 is 10.1 Å². The van der Waals surface area contributed by atoms with Gasteiger partial charge >= 0.3 is 0 Å². The highest BCUT2D eigenvalue weighted by molar-refractivity contribution is 7.98. The first-order valence-electron chi connectivity index (χ1n) is 6.76. The molecule has 1 aromatic rings. The van der Waals surface area contributed by atoms with Crippen LogP contribution >= 0.6 is 11.8 Å². The number of nitrogens with one attached hydrogen (secondary N) is 1. The van der Waals surface area contributed by atoms with Gasteiger partial charge in [0.2, 0.25) is 0 Å². The molecule has 1 unspecified atom stereocenters. The molecule has 0 aliphatic carbocycles. The summed E-state index contributed by atoms with van der Waals surface area (Å²) in [6, 6.07) is 8.95. The zero-order valence-electron chi connectivity index (χ0n) is 11.7. The smallest absolute Gasteiger partial charge is 0.119 e. The minimum Gasteiger partial charge on any atom is -0.494 e. The Morgan fingerprint density at radius 3 is 2.50 bits per heavy atom. The summed E-state index contributed by atoms with van der Waals surface area (Å²) in [4.78, 5) is 0. The van der Waals surface area contributed by atoms with Gasteiger partial charge in [0, 0.05) is 6.04 Å². The van der Waals surface area contributed by atoms with Crippen molar-refractivity contribution in [1.29, 1.82) is 0 Å². The molecule has 0 saturated carbocycles. The lowest BCUT2D eigenvalue weighted by Gasteiger charge is -2.16. The molecule has 1 rings (SSSR count). The lowest BCUT2D eigenvalue weighted by atomic mass is 10.0. The van der Waals surface area contributed by atoms with Crippen LogP contribution in [-0.4, -0.2) is 25.2 Å². The summed E-state index contributed by atoms with van der Waals surface area (Å²) in [5.41, 5.74) is 1.34. The maximum Gasteiger partial charge on any atom is 0.119 e. The van der Waals surface area contributed by atoms with Crippen molar-refractivity contribution < 1.29 is 4.74 Å². The van der Waals surface area contributed by atoms with Crippen molar-refractivity contribution >= 4 is 11.8 Å². The molecule has 102 valence electrons. The molecule has 0 radical (unpaired) electrons. The Morgan fingerprint density at radius 2 is 1.94 bits per heavy atom. The predicted molar refractivity (Wildman–Crippen MR) is 81.6 cm³/mol. The van der Waals surface area contributed by atoms with Gasteiger partial charge in [0.25, 0.3) is 0 Å². The molecule has 0 bridgehead atoms. The maximum atomic E-state index is 5.70. The molecule has 1 aromatic carbocycles. The molecule has 0 aliphatic rings. The van der Waals surface area contributed by atoms with Crippen molar-refractivity contribution in [1.82, 2.24) is 5.32 Å². The molecule has 0 fully saturated rings. The van der Waals surface area contributed by atoms with Crippen molar-refractivity contribution in [3.8, 4) is 5.75 Å². The summed E-state index contributed by atoms with van der Waals surface area (Å²) in [6.07, 6.45) is 4.35. The quantitative estimate of drug-likeness (QED) is 0.686. The number of thioether (sulfide) groups is 1. The second-order valence-electron chi connectivity index (χ2n) is 4.28. The van der Waals surface area contributed by atoms with Crippen LogP contribution in [0.5, 0.6) is 5.75 Å². The average molecular weight is 267 g/mol. The van der Waals surface area contributed by atoms with Gasteiger partial charge in [-0.15, -0.1) is 0 Å². The van der Waals surface area contributed by atoms with Crippen LogP contribution in [0.25, 0.3) is 0 Å². The second-order valence-corrected chi connectivity index (χ2v) is 5.27. The third-order valence-corrected chi connectivity index (χ3v) is 3.60. The highest BCUT2D eigenvalue weighted by Gasteiger charge is 2.07. The maximum absolute atomic E-state index is 5.70. The lowest BCUT2D eigenvalue weighted by molar-refractivity contribution is 0.318. The van der Waals surface area contributed by atoms with Crippen LogP contribution in [0.1, 0.15) is 38.3 Å². The zero-order chi connectivity index (χ0) is 13.2. The largest absolute Gasteiger partial charge is 0.494 e. The molecule has 18 heavy (non-hydrogen) atoms.